The van der Waals surface area contributed by atoms with Crippen LogP contribution in [0.3, 0.4) is 0 Å². The minimum Gasteiger partial charge on any atom is -0.490 e. The largest absolute Gasteiger partial charge is 0.490 e. The summed E-state index contributed by atoms with van der Waals surface area (Å²) in [5, 5.41) is 20.1. The molecule has 1 aliphatic heterocycles. The van der Waals surface area contributed by atoms with Gasteiger partial charge < -0.3 is 34.7 Å². The molecule has 0 fully saturated rings. The Morgan fingerprint density at radius 3 is 2.64 bits per heavy atom. The van der Waals surface area contributed by atoms with Gasteiger partial charge in [-0.15, -0.1) is 0 Å². The second kappa shape index (κ2) is 15.8. The van der Waals surface area contributed by atoms with E-state index in [0.29, 0.717) is 41.7 Å². The average Bonchev–Trinajstić information content (AvgIpc) is 3.00. The summed E-state index contributed by atoms with van der Waals surface area (Å²) in [6.45, 7) is 4.03. The Balaban J connectivity index is 1.42. The molecule has 0 unspecified atom stereocenters. The van der Waals surface area contributed by atoms with Crippen molar-refractivity contribution in [2.45, 2.75) is 32.7 Å². The predicted molar refractivity (Wildman–Crippen MR) is 177 cm³/mol. The molecule has 0 saturated carbocycles. The third-order valence-electron chi connectivity index (χ3n) is 6.36. The summed E-state index contributed by atoms with van der Waals surface area (Å²) in [7, 11) is 1.28. The van der Waals surface area contributed by atoms with E-state index < -0.39 is 24.3 Å². The number of carbonyl (C=O) groups excluding carboxylic acids is 2. The van der Waals surface area contributed by atoms with E-state index in [1.807, 2.05) is 49.4 Å². The fourth-order valence-corrected chi connectivity index (χ4v) is 6.08. The molecule has 4 N–H and O–H groups in total. The standard InChI is InChI=1S/C31H32BrIN4O7/c1-4-42-25-13-20(28-27(30(39)41-3)18(2)35-31(40)36-28)10-11-24(25)43-17-26(38)37-34-15-21-12-22(32)14-23(33)29(21)44-16-19-8-6-5-7-9-19/h5-15,26,28,37-38H,4,16-17H2,1-3H3,(H2,35,36,40)/b34-15+/t26-,28-/m0/s1. The smallest absolute Gasteiger partial charge is 0.337 e. The van der Waals surface area contributed by atoms with Crippen LogP contribution in [0.2, 0.25) is 0 Å². The van der Waals surface area contributed by atoms with Crippen LogP contribution in [0.1, 0.15) is 36.6 Å². The molecule has 1 heterocycles. The lowest BCUT2D eigenvalue weighted by molar-refractivity contribution is -0.136. The highest BCUT2D eigenvalue weighted by atomic mass is 127. The van der Waals surface area contributed by atoms with Crippen LogP contribution in [0.5, 0.6) is 17.2 Å². The molecule has 44 heavy (non-hydrogen) atoms. The second-order valence-electron chi connectivity index (χ2n) is 9.50. The van der Waals surface area contributed by atoms with E-state index in [2.05, 4.69) is 59.7 Å². The van der Waals surface area contributed by atoms with Crippen LogP contribution < -0.4 is 30.3 Å². The van der Waals surface area contributed by atoms with Gasteiger partial charge >= 0.3 is 12.0 Å². The van der Waals surface area contributed by atoms with E-state index in [4.69, 9.17) is 18.9 Å². The van der Waals surface area contributed by atoms with Crippen molar-refractivity contribution >= 4 is 56.7 Å². The normalized spacial score (nSPS) is 15.3. The molecular weight excluding hydrogens is 747 g/mol. The molecule has 0 aromatic heterocycles. The Morgan fingerprint density at radius 1 is 1.14 bits per heavy atom. The number of halogens is 2. The molecule has 0 radical (unpaired) electrons. The molecule has 3 aromatic carbocycles. The van der Waals surface area contributed by atoms with Gasteiger partial charge in [-0.1, -0.05) is 52.3 Å². The maximum absolute atomic E-state index is 12.5. The van der Waals surface area contributed by atoms with Gasteiger partial charge in [0, 0.05) is 15.7 Å². The van der Waals surface area contributed by atoms with Crippen molar-refractivity contribution in [3.05, 3.63) is 96.7 Å². The van der Waals surface area contributed by atoms with Crippen LogP contribution in [0.15, 0.2) is 81.5 Å². The highest BCUT2D eigenvalue weighted by Gasteiger charge is 2.32. The second-order valence-corrected chi connectivity index (χ2v) is 11.6. The molecule has 2 atom stereocenters. The minimum absolute atomic E-state index is 0.152. The Kier molecular flexibility index (Phi) is 11.9. The van der Waals surface area contributed by atoms with Crippen molar-refractivity contribution in [2.75, 3.05) is 20.3 Å². The first-order valence-electron chi connectivity index (χ1n) is 13.6. The lowest BCUT2D eigenvalue weighted by atomic mass is 9.95. The molecule has 0 spiro atoms. The first kappa shape index (κ1) is 33.1. The maximum Gasteiger partial charge on any atom is 0.337 e. The van der Waals surface area contributed by atoms with Crippen molar-refractivity contribution in [2.24, 2.45) is 5.10 Å². The fraction of sp³-hybridized carbons (Fsp3) is 0.258. The van der Waals surface area contributed by atoms with E-state index in [1.54, 1.807) is 31.3 Å². The number of methoxy groups -OCH3 is 1. The molecule has 232 valence electrons. The van der Waals surface area contributed by atoms with Crippen LogP contribution in [0.25, 0.3) is 0 Å². The molecule has 13 heteroatoms. The number of amides is 2. The number of ether oxygens (including phenoxy) is 4. The molecule has 0 aliphatic carbocycles. The number of hydrogen-bond donors (Lipinski definition) is 4. The van der Waals surface area contributed by atoms with E-state index in [9.17, 15) is 14.7 Å². The Hall–Kier alpha value is -3.82. The zero-order valence-electron chi connectivity index (χ0n) is 24.2. The van der Waals surface area contributed by atoms with Crippen LogP contribution in [-0.4, -0.2) is 49.9 Å². The minimum atomic E-state index is -1.15. The number of hydrogen-bond acceptors (Lipinski definition) is 9. The number of rotatable bonds is 13. The third-order valence-corrected chi connectivity index (χ3v) is 7.62. The van der Waals surface area contributed by atoms with Gasteiger partial charge in [-0.2, -0.15) is 5.10 Å². The predicted octanol–water partition coefficient (Wildman–Crippen LogP) is 5.15. The highest BCUT2D eigenvalue weighted by Crippen LogP contribution is 2.35. The number of urea groups is 1. The molecule has 0 saturated heterocycles. The SMILES string of the molecule is CCOc1cc([C@@H]2NC(=O)NC(C)=C2C(=O)OC)ccc1OC[C@H](O)N/N=C/c1cc(Br)cc(I)c1OCc1ccccc1. The monoisotopic (exact) mass is 778 g/mol. The van der Waals surface area contributed by atoms with Crippen molar-refractivity contribution in [1.82, 2.24) is 16.1 Å². The molecule has 1 aliphatic rings. The lowest BCUT2D eigenvalue weighted by Crippen LogP contribution is -2.45. The van der Waals surface area contributed by atoms with Crippen LogP contribution >= 0.6 is 38.5 Å². The Bertz CT molecular complexity index is 1550. The van der Waals surface area contributed by atoms with Crippen molar-refractivity contribution in [3.8, 4) is 17.2 Å². The van der Waals surface area contributed by atoms with Crippen molar-refractivity contribution in [3.63, 3.8) is 0 Å². The van der Waals surface area contributed by atoms with Gasteiger partial charge in [0.2, 0.25) is 0 Å². The van der Waals surface area contributed by atoms with Gasteiger partial charge in [-0.3, -0.25) is 5.43 Å². The van der Waals surface area contributed by atoms with Gasteiger partial charge in [0.25, 0.3) is 0 Å². The van der Waals surface area contributed by atoms with Gasteiger partial charge in [-0.05, 0) is 71.8 Å². The fourth-order valence-electron chi connectivity index (χ4n) is 4.37. The number of aliphatic hydroxyl groups excluding tert-OH is 1. The molecular formula is C31H32BrIN4O7. The number of aliphatic hydroxyl groups is 1. The summed E-state index contributed by atoms with van der Waals surface area (Å²) in [4.78, 5) is 24.6. The molecule has 11 nitrogen and oxygen atoms in total. The van der Waals surface area contributed by atoms with Gasteiger partial charge in [0.1, 0.15) is 19.0 Å². The summed E-state index contributed by atoms with van der Waals surface area (Å²) in [6, 6.07) is 17.5. The lowest BCUT2D eigenvalue weighted by Gasteiger charge is -2.28. The summed E-state index contributed by atoms with van der Waals surface area (Å²) >= 11 is 5.72. The number of allylic oxidation sites excluding steroid dienone is 1. The average molecular weight is 779 g/mol. The summed E-state index contributed by atoms with van der Waals surface area (Å²) in [5.74, 6) is 0.833. The topological polar surface area (TPSA) is 140 Å². The number of nitrogens with zero attached hydrogens (tertiary/aromatic N) is 1. The van der Waals surface area contributed by atoms with E-state index >= 15 is 0 Å². The van der Waals surface area contributed by atoms with Crippen LogP contribution in [0, 0.1) is 3.57 Å². The van der Waals surface area contributed by atoms with Crippen molar-refractivity contribution in [1.29, 1.82) is 0 Å². The van der Waals surface area contributed by atoms with E-state index in [0.717, 1.165) is 19.2 Å². The van der Waals surface area contributed by atoms with Crippen LogP contribution in [-0.2, 0) is 16.1 Å². The number of esters is 1. The summed E-state index contributed by atoms with van der Waals surface area (Å²) < 4.78 is 24.4. The Labute approximate surface area is 277 Å². The van der Waals surface area contributed by atoms with Gasteiger partial charge in [0.15, 0.2) is 17.7 Å². The third kappa shape index (κ3) is 8.64. The maximum atomic E-state index is 12.5. The zero-order valence-corrected chi connectivity index (χ0v) is 28.0. The van der Waals surface area contributed by atoms with E-state index in [1.165, 1.54) is 7.11 Å². The Morgan fingerprint density at radius 2 is 1.91 bits per heavy atom. The van der Waals surface area contributed by atoms with Gasteiger partial charge in [0.05, 0.1) is 35.1 Å². The first-order chi connectivity index (χ1) is 21.2. The quantitative estimate of drug-likeness (QED) is 0.0615. The number of hydrazone groups is 1. The summed E-state index contributed by atoms with van der Waals surface area (Å²) in [5.41, 5.74) is 5.68. The number of nitrogens with one attached hydrogen (secondary N) is 3. The highest BCUT2D eigenvalue weighted by molar-refractivity contribution is 14.1. The van der Waals surface area contributed by atoms with Crippen LogP contribution in [0.4, 0.5) is 4.79 Å². The number of benzene rings is 3. The molecule has 0 bridgehead atoms. The van der Waals surface area contributed by atoms with Gasteiger partial charge in [-0.25, -0.2) is 9.59 Å². The zero-order chi connectivity index (χ0) is 31.6. The first-order valence-corrected chi connectivity index (χ1v) is 15.5. The molecule has 3 aromatic rings. The summed E-state index contributed by atoms with van der Waals surface area (Å²) in [6.07, 6.45) is 0.416. The van der Waals surface area contributed by atoms with E-state index in [-0.39, 0.29) is 12.2 Å². The number of carbonyl (C=O) groups is 2. The molecule has 2 amide bonds. The van der Waals surface area contributed by atoms with Crippen molar-refractivity contribution < 1.29 is 33.6 Å². The molecule has 4 rings (SSSR count).